The van der Waals surface area contributed by atoms with Crippen LogP contribution in [0.4, 0.5) is 0 Å². The maximum atomic E-state index is 12.3. The first-order valence-corrected chi connectivity index (χ1v) is 7.26. The molecular weight excluding hydrogens is 254 g/mol. The van der Waals surface area contributed by atoms with Gasteiger partial charge in [0.2, 0.25) is 0 Å². The number of rotatable bonds is 8. The molecule has 0 radical (unpaired) electrons. The minimum atomic E-state index is -0.0253. The Morgan fingerprint density at radius 1 is 1.35 bits per heavy atom. The van der Waals surface area contributed by atoms with Gasteiger partial charge in [-0.3, -0.25) is 4.79 Å². The van der Waals surface area contributed by atoms with Crippen LogP contribution in [0.25, 0.3) is 0 Å². The summed E-state index contributed by atoms with van der Waals surface area (Å²) in [6, 6.07) is 1.92. The normalized spacial score (nSPS) is 11.6. The third kappa shape index (κ3) is 5.06. The average molecular weight is 281 g/mol. The highest BCUT2D eigenvalue weighted by molar-refractivity contribution is 5.16. The van der Waals surface area contributed by atoms with Crippen molar-refractivity contribution in [3.63, 3.8) is 0 Å². The molecule has 0 saturated carbocycles. The number of nitrogens with zero attached hydrogens (tertiary/aromatic N) is 2. The fraction of sp³-hybridized carbons (Fsp3) is 0.733. The summed E-state index contributed by atoms with van der Waals surface area (Å²) in [6.45, 7) is 10.9. The Bertz CT molecular complexity index is 467. The maximum Gasteiger partial charge on any atom is 0.271 e. The summed E-state index contributed by atoms with van der Waals surface area (Å²) in [5, 5.41) is 7.73. The summed E-state index contributed by atoms with van der Waals surface area (Å²) >= 11 is 0. The van der Waals surface area contributed by atoms with Crippen molar-refractivity contribution in [1.29, 1.82) is 0 Å². The molecular formula is C15H27N3O2. The molecule has 0 bridgehead atoms. The van der Waals surface area contributed by atoms with E-state index in [1.54, 1.807) is 7.11 Å². The number of hydrogen-bond acceptors (Lipinski definition) is 4. The molecule has 114 valence electrons. The van der Waals surface area contributed by atoms with Gasteiger partial charge in [-0.1, -0.05) is 27.7 Å². The van der Waals surface area contributed by atoms with Crippen molar-refractivity contribution in [2.45, 2.75) is 46.7 Å². The minimum absolute atomic E-state index is 0.0253. The van der Waals surface area contributed by atoms with Gasteiger partial charge in [0, 0.05) is 19.2 Å². The van der Waals surface area contributed by atoms with E-state index in [1.165, 1.54) is 4.68 Å². The number of methoxy groups -OCH3 is 1. The molecule has 0 aliphatic heterocycles. The first kappa shape index (κ1) is 16.9. The van der Waals surface area contributed by atoms with E-state index in [2.05, 4.69) is 38.1 Å². The van der Waals surface area contributed by atoms with Crippen molar-refractivity contribution < 1.29 is 4.74 Å². The maximum absolute atomic E-state index is 12.3. The first-order valence-electron chi connectivity index (χ1n) is 7.26. The molecule has 5 nitrogen and oxygen atoms in total. The van der Waals surface area contributed by atoms with Crippen LogP contribution < -0.4 is 10.9 Å². The molecule has 0 aromatic carbocycles. The fourth-order valence-electron chi connectivity index (χ4n) is 1.85. The van der Waals surface area contributed by atoms with Gasteiger partial charge in [-0.25, -0.2) is 4.68 Å². The standard InChI is InChI=1S/C15H27N3O2/c1-11(2)9-16-10-13-8-14(12(3)4)17-18(15(13)19)6-7-20-5/h8,11-12,16H,6-7,9-10H2,1-5H3. The molecule has 1 aromatic heterocycles. The number of nitrogens with one attached hydrogen (secondary N) is 1. The Balaban J connectivity index is 2.95. The van der Waals surface area contributed by atoms with Gasteiger partial charge < -0.3 is 10.1 Å². The monoisotopic (exact) mass is 281 g/mol. The van der Waals surface area contributed by atoms with Crippen LogP contribution in [0.5, 0.6) is 0 Å². The van der Waals surface area contributed by atoms with Crippen LogP contribution in [0, 0.1) is 5.92 Å². The van der Waals surface area contributed by atoms with E-state index in [0.29, 0.717) is 31.5 Å². The summed E-state index contributed by atoms with van der Waals surface area (Å²) in [7, 11) is 1.63. The van der Waals surface area contributed by atoms with Crippen LogP contribution in [0.2, 0.25) is 0 Å². The highest BCUT2D eigenvalue weighted by Gasteiger charge is 2.10. The van der Waals surface area contributed by atoms with Crippen LogP contribution in [0.1, 0.15) is 44.9 Å². The Morgan fingerprint density at radius 3 is 2.60 bits per heavy atom. The predicted molar refractivity (Wildman–Crippen MR) is 81.0 cm³/mol. The molecule has 0 amide bonds. The van der Waals surface area contributed by atoms with E-state index in [4.69, 9.17) is 4.74 Å². The van der Waals surface area contributed by atoms with Crippen molar-refractivity contribution in [2.24, 2.45) is 5.92 Å². The van der Waals surface area contributed by atoms with Gasteiger partial charge in [-0.2, -0.15) is 5.10 Å². The van der Waals surface area contributed by atoms with Gasteiger partial charge in [0.05, 0.1) is 18.8 Å². The van der Waals surface area contributed by atoms with Crippen molar-refractivity contribution >= 4 is 0 Å². The molecule has 5 heteroatoms. The Labute approximate surface area is 121 Å². The third-order valence-electron chi connectivity index (χ3n) is 3.03. The summed E-state index contributed by atoms with van der Waals surface area (Å²) < 4.78 is 6.56. The summed E-state index contributed by atoms with van der Waals surface area (Å²) in [5.41, 5.74) is 1.70. The van der Waals surface area contributed by atoms with Gasteiger partial charge >= 0.3 is 0 Å². The smallest absolute Gasteiger partial charge is 0.271 e. The molecule has 0 aliphatic carbocycles. The van der Waals surface area contributed by atoms with Crippen LogP contribution in [0.15, 0.2) is 10.9 Å². The van der Waals surface area contributed by atoms with Crippen molar-refractivity contribution in [3.05, 3.63) is 27.7 Å². The molecule has 0 atom stereocenters. The third-order valence-corrected chi connectivity index (χ3v) is 3.03. The second-order valence-corrected chi connectivity index (χ2v) is 5.79. The van der Waals surface area contributed by atoms with E-state index in [1.807, 2.05) is 6.07 Å². The molecule has 0 saturated heterocycles. The summed E-state index contributed by atoms with van der Waals surface area (Å²) in [4.78, 5) is 12.3. The lowest BCUT2D eigenvalue weighted by molar-refractivity contribution is 0.181. The summed E-state index contributed by atoms with van der Waals surface area (Å²) in [6.07, 6.45) is 0. The van der Waals surface area contributed by atoms with E-state index in [0.717, 1.165) is 17.8 Å². The van der Waals surface area contributed by atoms with Crippen molar-refractivity contribution in [3.8, 4) is 0 Å². The molecule has 0 unspecified atom stereocenters. The van der Waals surface area contributed by atoms with Crippen LogP contribution in [-0.4, -0.2) is 30.0 Å². The largest absolute Gasteiger partial charge is 0.383 e. The minimum Gasteiger partial charge on any atom is -0.383 e. The van der Waals surface area contributed by atoms with Gasteiger partial charge in [-0.05, 0) is 24.4 Å². The van der Waals surface area contributed by atoms with Gasteiger partial charge in [0.15, 0.2) is 0 Å². The van der Waals surface area contributed by atoms with Crippen LogP contribution >= 0.6 is 0 Å². The van der Waals surface area contributed by atoms with E-state index >= 15 is 0 Å². The first-order chi connectivity index (χ1) is 9.45. The van der Waals surface area contributed by atoms with Crippen LogP contribution in [-0.2, 0) is 17.8 Å². The molecule has 1 rings (SSSR count). The summed E-state index contributed by atoms with van der Waals surface area (Å²) in [5.74, 6) is 0.866. The lowest BCUT2D eigenvalue weighted by Crippen LogP contribution is -2.32. The molecule has 0 fully saturated rings. The van der Waals surface area contributed by atoms with E-state index in [9.17, 15) is 4.79 Å². The predicted octanol–water partition coefficient (Wildman–Crippen LogP) is 1.76. The fourth-order valence-corrected chi connectivity index (χ4v) is 1.85. The average Bonchev–Trinajstić information content (AvgIpc) is 2.38. The zero-order valence-corrected chi connectivity index (χ0v) is 13.3. The van der Waals surface area contributed by atoms with E-state index in [-0.39, 0.29) is 5.56 Å². The molecule has 1 heterocycles. The van der Waals surface area contributed by atoms with Crippen molar-refractivity contribution in [1.82, 2.24) is 15.1 Å². The quantitative estimate of drug-likeness (QED) is 0.789. The van der Waals surface area contributed by atoms with Gasteiger partial charge in [-0.15, -0.1) is 0 Å². The second kappa shape index (κ2) is 8.17. The molecule has 0 spiro atoms. The second-order valence-electron chi connectivity index (χ2n) is 5.79. The molecule has 1 aromatic rings. The van der Waals surface area contributed by atoms with Crippen molar-refractivity contribution in [2.75, 3.05) is 20.3 Å². The molecule has 1 N–H and O–H groups in total. The zero-order chi connectivity index (χ0) is 15.1. The SMILES string of the molecule is COCCn1nc(C(C)C)cc(CNCC(C)C)c1=O. The van der Waals surface area contributed by atoms with Gasteiger partial charge in [0.25, 0.3) is 5.56 Å². The Morgan fingerprint density at radius 2 is 2.05 bits per heavy atom. The number of aromatic nitrogens is 2. The van der Waals surface area contributed by atoms with Crippen LogP contribution in [0.3, 0.4) is 0 Å². The van der Waals surface area contributed by atoms with E-state index < -0.39 is 0 Å². The number of ether oxygens (including phenoxy) is 1. The highest BCUT2D eigenvalue weighted by Crippen LogP contribution is 2.10. The Kier molecular flexibility index (Phi) is 6.88. The highest BCUT2D eigenvalue weighted by atomic mass is 16.5. The lowest BCUT2D eigenvalue weighted by Gasteiger charge is -2.13. The van der Waals surface area contributed by atoms with Gasteiger partial charge in [0.1, 0.15) is 0 Å². The lowest BCUT2D eigenvalue weighted by atomic mass is 10.1. The number of hydrogen-bond donors (Lipinski definition) is 1. The molecule has 0 aliphatic rings. The Hall–Kier alpha value is -1.20. The topological polar surface area (TPSA) is 56.1 Å². The molecule has 20 heavy (non-hydrogen) atoms. The zero-order valence-electron chi connectivity index (χ0n) is 13.3.